The zero-order valence-electron chi connectivity index (χ0n) is 10.5. The van der Waals surface area contributed by atoms with Gasteiger partial charge >= 0.3 is 12.0 Å². The lowest BCUT2D eigenvalue weighted by Gasteiger charge is -2.34. The number of carbonyl (C=O) groups is 2. The van der Waals surface area contributed by atoms with Gasteiger partial charge in [-0.3, -0.25) is 4.79 Å². The topological polar surface area (TPSA) is 78.9 Å². The molecule has 0 radical (unpaired) electrons. The van der Waals surface area contributed by atoms with E-state index in [1.54, 1.807) is 4.90 Å². The number of hydrogen-bond donors (Lipinski definition) is 2. The van der Waals surface area contributed by atoms with Crippen molar-refractivity contribution in [3.8, 4) is 0 Å². The molecule has 0 saturated carbocycles. The number of carboxylic acid groups (broad SMARTS) is 1. The lowest BCUT2D eigenvalue weighted by atomic mass is 10.1. The first kappa shape index (κ1) is 13.8. The molecule has 98 valence electrons. The predicted molar refractivity (Wildman–Crippen MR) is 61.9 cm³/mol. The van der Waals surface area contributed by atoms with Crippen molar-refractivity contribution in [2.24, 2.45) is 0 Å². The summed E-state index contributed by atoms with van der Waals surface area (Å²) >= 11 is 0. The molecule has 0 spiro atoms. The summed E-state index contributed by atoms with van der Waals surface area (Å²) in [6, 6.07) is -0.170. The molecule has 0 bridgehead atoms. The van der Waals surface area contributed by atoms with Crippen molar-refractivity contribution in [3.63, 3.8) is 0 Å². The summed E-state index contributed by atoms with van der Waals surface area (Å²) in [5, 5.41) is 11.5. The van der Waals surface area contributed by atoms with E-state index in [1.807, 2.05) is 20.8 Å². The average Bonchev–Trinajstić information content (AvgIpc) is 2.14. The van der Waals surface area contributed by atoms with Gasteiger partial charge in [-0.2, -0.15) is 0 Å². The van der Waals surface area contributed by atoms with Crippen molar-refractivity contribution in [1.82, 2.24) is 10.2 Å². The summed E-state index contributed by atoms with van der Waals surface area (Å²) in [6.07, 6.45) is -0.480. The van der Waals surface area contributed by atoms with Crippen molar-refractivity contribution in [2.75, 3.05) is 19.7 Å². The molecule has 0 aliphatic carbocycles. The molecule has 0 aromatic heterocycles. The fourth-order valence-corrected chi connectivity index (χ4v) is 1.62. The highest BCUT2D eigenvalue weighted by Crippen LogP contribution is 2.10. The first-order valence-electron chi connectivity index (χ1n) is 5.68. The van der Waals surface area contributed by atoms with Crippen LogP contribution in [0.4, 0.5) is 4.79 Å². The number of nitrogens with one attached hydrogen (secondary N) is 1. The summed E-state index contributed by atoms with van der Waals surface area (Å²) in [4.78, 5) is 24.0. The number of hydrogen-bond acceptors (Lipinski definition) is 3. The Labute approximate surface area is 101 Å². The van der Waals surface area contributed by atoms with Gasteiger partial charge in [0.05, 0.1) is 19.1 Å². The van der Waals surface area contributed by atoms with Gasteiger partial charge < -0.3 is 20.1 Å². The van der Waals surface area contributed by atoms with Crippen molar-refractivity contribution >= 4 is 12.0 Å². The van der Waals surface area contributed by atoms with E-state index in [0.29, 0.717) is 19.7 Å². The van der Waals surface area contributed by atoms with E-state index in [0.717, 1.165) is 0 Å². The molecule has 1 atom stereocenters. The fraction of sp³-hybridized carbons (Fsp3) is 0.818. The standard InChI is InChI=1S/C11H20N2O4/c1-11(2,3)12-10(16)13-4-5-17-8(7-13)6-9(14)15/h8H,4-7H2,1-3H3,(H,12,16)(H,14,15). The van der Waals surface area contributed by atoms with Crippen LogP contribution in [0.25, 0.3) is 0 Å². The van der Waals surface area contributed by atoms with Gasteiger partial charge in [0.2, 0.25) is 0 Å². The van der Waals surface area contributed by atoms with Gasteiger partial charge in [-0.25, -0.2) is 4.79 Å². The number of ether oxygens (including phenoxy) is 1. The molecule has 6 nitrogen and oxygen atoms in total. The second-order valence-corrected chi connectivity index (χ2v) is 5.22. The maximum atomic E-state index is 11.9. The van der Waals surface area contributed by atoms with Gasteiger partial charge in [-0.05, 0) is 20.8 Å². The van der Waals surface area contributed by atoms with Gasteiger partial charge in [-0.1, -0.05) is 0 Å². The van der Waals surface area contributed by atoms with Gasteiger partial charge in [0, 0.05) is 18.6 Å². The Morgan fingerprint density at radius 3 is 2.65 bits per heavy atom. The van der Waals surface area contributed by atoms with Crippen LogP contribution in [0.15, 0.2) is 0 Å². The number of urea groups is 1. The van der Waals surface area contributed by atoms with Crippen LogP contribution < -0.4 is 5.32 Å². The van der Waals surface area contributed by atoms with Crippen molar-refractivity contribution in [3.05, 3.63) is 0 Å². The van der Waals surface area contributed by atoms with Gasteiger partial charge in [0.1, 0.15) is 0 Å². The Morgan fingerprint density at radius 1 is 1.47 bits per heavy atom. The molecular weight excluding hydrogens is 224 g/mol. The Balaban J connectivity index is 2.49. The summed E-state index contributed by atoms with van der Waals surface area (Å²) in [5.74, 6) is -0.909. The first-order valence-corrected chi connectivity index (χ1v) is 5.68. The van der Waals surface area contributed by atoms with Crippen molar-refractivity contribution in [1.29, 1.82) is 0 Å². The van der Waals surface area contributed by atoms with E-state index in [2.05, 4.69) is 5.32 Å². The molecule has 1 rings (SSSR count). The maximum absolute atomic E-state index is 11.9. The highest BCUT2D eigenvalue weighted by molar-refractivity contribution is 5.75. The van der Waals surface area contributed by atoms with Crippen LogP contribution in [-0.4, -0.2) is 53.3 Å². The number of nitrogens with zero attached hydrogens (tertiary/aromatic N) is 1. The molecule has 17 heavy (non-hydrogen) atoms. The lowest BCUT2D eigenvalue weighted by Crippen LogP contribution is -2.54. The highest BCUT2D eigenvalue weighted by Gasteiger charge is 2.27. The monoisotopic (exact) mass is 244 g/mol. The van der Waals surface area contributed by atoms with Crippen molar-refractivity contribution in [2.45, 2.75) is 38.8 Å². The van der Waals surface area contributed by atoms with E-state index in [1.165, 1.54) is 0 Å². The zero-order chi connectivity index (χ0) is 13.1. The van der Waals surface area contributed by atoms with E-state index < -0.39 is 12.1 Å². The molecule has 1 unspecified atom stereocenters. The summed E-state index contributed by atoms with van der Waals surface area (Å²) < 4.78 is 5.30. The predicted octanol–water partition coefficient (Wildman–Crippen LogP) is 0.670. The highest BCUT2D eigenvalue weighted by atomic mass is 16.5. The quantitative estimate of drug-likeness (QED) is 0.748. The molecule has 2 N–H and O–H groups in total. The Bertz CT molecular complexity index is 298. The molecule has 0 aromatic rings. The number of rotatable bonds is 2. The third-order valence-corrected chi connectivity index (χ3v) is 2.31. The number of aliphatic carboxylic acids is 1. The summed E-state index contributed by atoms with van der Waals surface area (Å²) in [7, 11) is 0. The molecule has 6 heteroatoms. The minimum atomic E-state index is -0.909. The largest absolute Gasteiger partial charge is 0.481 e. The minimum absolute atomic E-state index is 0.0701. The second kappa shape index (κ2) is 5.35. The van der Waals surface area contributed by atoms with Crippen LogP contribution >= 0.6 is 0 Å². The Kier molecular flexibility index (Phi) is 4.34. The zero-order valence-corrected chi connectivity index (χ0v) is 10.5. The van der Waals surface area contributed by atoms with Crippen LogP contribution in [0.5, 0.6) is 0 Å². The molecule has 2 amide bonds. The van der Waals surface area contributed by atoms with E-state index in [9.17, 15) is 9.59 Å². The molecule has 1 aliphatic heterocycles. The Morgan fingerprint density at radius 2 is 2.12 bits per heavy atom. The normalized spacial score (nSPS) is 21.1. The SMILES string of the molecule is CC(C)(C)NC(=O)N1CCOC(CC(=O)O)C1. The number of amides is 2. The molecular formula is C11H20N2O4. The number of carbonyl (C=O) groups excluding carboxylic acids is 1. The third-order valence-electron chi connectivity index (χ3n) is 2.31. The first-order chi connectivity index (χ1) is 7.78. The van der Waals surface area contributed by atoms with E-state index in [4.69, 9.17) is 9.84 Å². The molecule has 1 aliphatic rings. The van der Waals surface area contributed by atoms with E-state index in [-0.39, 0.29) is 18.0 Å². The maximum Gasteiger partial charge on any atom is 0.317 e. The number of carboxylic acids is 1. The molecule has 1 heterocycles. The summed E-state index contributed by atoms with van der Waals surface area (Å²) in [6.45, 7) is 6.92. The molecule has 1 fully saturated rings. The van der Waals surface area contributed by atoms with Crippen LogP contribution in [0.2, 0.25) is 0 Å². The minimum Gasteiger partial charge on any atom is -0.481 e. The second-order valence-electron chi connectivity index (χ2n) is 5.22. The third kappa shape index (κ3) is 5.04. The van der Waals surface area contributed by atoms with Crippen LogP contribution in [0.1, 0.15) is 27.2 Å². The van der Waals surface area contributed by atoms with Crippen LogP contribution in [-0.2, 0) is 9.53 Å². The molecule has 0 aromatic carbocycles. The smallest absolute Gasteiger partial charge is 0.317 e. The van der Waals surface area contributed by atoms with Gasteiger partial charge in [0.25, 0.3) is 0 Å². The van der Waals surface area contributed by atoms with Crippen LogP contribution in [0.3, 0.4) is 0 Å². The summed E-state index contributed by atoms with van der Waals surface area (Å²) in [5.41, 5.74) is -0.294. The average molecular weight is 244 g/mol. The van der Waals surface area contributed by atoms with Gasteiger partial charge in [0.15, 0.2) is 0 Å². The number of morpholine rings is 1. The van der Waals surface area contributed by atoms with E-state index >= 15 is 0 Å². The fourth-order valence-electron chi connectivity index (χ4n) is 1.62. The molecule has 1 saturated heterocycles. The Hall–Kier alpha value is -1.30. The lowest BCUT2D eigenvalue weighted by molar-refractivity contribution is -0.141. The van der Waals surface area contributed by atoms with Gasteiger partial charge in [-0.15, -0.1) is 0 Å². The van der Waals surface area contributed by atoms with Crippen molar-refractivity contribution < 1.29 is 19.4 Å². The van der Waals surface area contributed by atoms with Crippen LogP contribution in [0, 0.1) is 0 Å².